The molecule has 1 N–H and O–H groups in total. The Bertz CT molecular complexity index is 808. The fraction of sp³-hybridized carbons (Fsp3) is 0. The van der Waals surface area contributed by atoms with Crippen molar-refractivity contribution >= 4 is 10.9 Å². The molecule has 0 aliphatic carbocycles. The van der Waals surface area contributed by atoms with Crippen LogP contribution in [0.2, 0.25) is 0 Å². The zero-order valence-electron chi connectivity index (χ0n) is 9.29. The predicted octanol–water partition coefficient (Wildman–Crippen LogP) is 1.59. The summed E-state index contributed by atoms with van der Waals surface area (Å²) in [4.78, 5) is 16.0. The molecule has 5 nitrogen and oxygen atoms in total. The Morgan fingerprint density at radius 1 is 1.28 bits per heavy atom. The van der Waals surface area contributed by atoms with E-state index in [2.05, 4.69) is 10.1 Å². The molecular formula is C13H8N4O. The summed E-state index contributed by atoms with van der Waals surface area (Å²) >= 11 is 0. The minimum Gasteiger partial charge on any atom is -0.290 e. The molecular weight excluding hydrogens is 228 g/mol. The van der Waals surface area contributed by atoms with Gasteiger partial charge in [0.2, 0.25) is 0 Å². The summed E-state index contributed by atoms with van der Waals surface area (Å²) in [6.07, 6.45) is 1.42. The second-order valence-electron chi connectivity index (χ2n) is 3.81. The Morgan fingerprint density at radius 3 is 2.78 bits per heavy atom. The van der Waals surface area contributed by atoms with Crippen LogP contribution >= 0.6 is 0 Å². The Kier molecular flexibility index (Phi) is 2.21. The van der Waals surface area contributed by atoms with Crippen molar-refractivity contribution in [3.8, 4) is 11.8 Å². The van der Waals surface area contributed by atoms with Crippen molar-refractivity contribution in [2.75, 3.05) is 0 Å². The predicted molar refractivity (Wildman–Crippen MR) is 66.4 cm³/mol. The van der Waals surface area contributed by atoms with Gasteiger partial charge in [-0.05, 0) is 12.1 Å². The molecule has 0 fully saturated rings. The molecule has 0 saturated heterocycles. The van der Waals surface area contributed by atoms with Crippen molar-refractivity contribution in [1.82, 2.24) is 14.8 Å². The third-order valence-electron chi connectivity index (χ3n) is 2.70. The van der Waals surface area contributed by atoms with Gasteiger partial charge in [-0.1, -0.05) is 18.2 Å². The van der Waals surface area contributed by atoms with Gasteiger partial charge in [0.1, 0.15) is 11.8 Å². The van der Waals surface area contributed by atoms with Crippen LogP contribution in [0.1, 0.15) is 5.69 Å². The van der Waals surface area contributed by atoms with Crippen LogP contribution in [-0.2, 0) is 0 Å². The van der Waals surface area contributed by atoms with Crippen LogP contribution in [0.15, 0.2) is 47.4 Å². The van der Waals surface area contributed by atoms with E-state index < -0.39 is 0 Å². The number of nitriles is 1. The van der Waals surface area contributed by atoms with Gasteiger partial charge in [0, 0.05) is 12.3 Å². The van der Waals surface area contributed by atoms with E-state index in [1.807, 2.05) is 36.4 Å². The zero-order chi connectivity index (χ0) is 12.5. The van der Waals surface area contributed by atoms with Gasteiger partial charge in [-0.3, -0.25) is 9.89 Å². The lowest BCUT2D eigenvalue weighted by Gasteiger charge is -1.98. The van der Waals surface area contributed by atoms with Crippen molar-refractivity contribution in [3.63, 3.8) is 0 Å². The van der Waals surface area contributed by atoms with Crippen molar-refractivity contribution < 1.29 is 0 Å². The number of fused-ring (bicyclic) bond motifs is 1. The van der Waals surface area contributed by atoms with Crippen LogP contribution in [0.4, 0.5) is 0 Å². The molecule has 0 aliphatic rings. The maximum atomic E-state index is 12.1. The molecule has 0 saturated carbocycles. The number of rotatable bonds is 1. The maximum absolute atomic E-state index is 12.1. The number of benzene rings is 1. The first-order chi connectivity index (χ1) is 8.79. The average molecular weight is 236 g/mol. The summed E-state index contributed by atoms with van der Waals surface area (Å²) in [7, 11) is 0. The van der Waals surface area contributed by atoms with E-state index in [-0.39, 0.29) is 11.3 Å². The maximum Gasteiger partial charge on any atom is 0.280 e. The first kappa shape index (κ1) is 10.3. The summed E-state index contributed by atoms with van der Waals surface area (Å²) < 4.78 is 1.44. The lowest BCUT2D eigenvalue weighted by Crippen LogP contribution is -2.13. The fourth-order valence-electron chi connectivity index (χ4n) is 1.83. The lowest BCUT2D eigenvalue weighted by atomic mass is 10.3. The number of para-hydroxylation sites is 1. The molecule has 0 amide bonds. The van der Waals surface area contributed by atoms with Crippen LogP contribution in [-0.4, -0.2) is 14.8 Å². The molecule has 0 aliphatic heterocycles. The van der Waals surface area contributed by atoms with Crippen LogP contribution in [0, 0.1) is 11.3 Å². The van der Waals surface area contributed by atoms with Crippen molar-refractivity contribution in [3.05, 3.63) is 58.6 Å². The van der Waals surface area contributed by atoms with E-state index in [4.69, 9.17) is 5.26 Å². The molecule has 0 bridgehead atoms. The van der Waals surface area contributed by atoms with Gasteiger partial charge in [0.05, 0.1) is 16.6 Å². The van der Waals surface area contributed by atoms with E-state index in [1.54, 1.807) is 6.07 Å². The second kappa shape index (κ2) is 3.86. The van der Waals surface area contributed by atoms with Crippen molar-refractivity contribution in [2.45, 2.75) is 0 Å². The number of aromatic nitrogens is 3. The van der Waals surface area contributed by atoms with Gasteiger partial charge < -0.3 is 0 Å². The normalized spacial score (nSPS) is 10.4. The van der Waals surface area contributed by atoms with Gasteiger partial charge in [-0.15, -0.1) is 0 Å². The number of pyridine rings is 1. The molecule has 3 aromatic rings. The van der Waals surface area contributed by atoms with Crippen molar-refractivity contribution in [1.29, 1.82) is 5.26 Å². The second-order valence-corrected chi connectivity index (χ2v) is 3.81. The summed E-state index contributed by atoms with van der Waals surface area (Å²) in [6, 6.07) is 12.8. The van der Waals surface area contributed by atoms with Gasteiger partial charge in [0.25, 0.3) is 5.56 Å². The number of H-pyrrole nitrogens is 1. The van der Waals surface area contributed by atoms with E-state index >= 15 is 0 Å². The molecule has 3 rings (SSSR count). The van der Waals surface area contributed by atoms with Crippen molar-refractivity contribution in [2.24, 2.45) is 0 Å². The van der Waals surface area contributed by atoms with Gasteiger partial charge in [0.15, 0.2) is 0 Å². The Hall–Kier alpha value is -2.87. The molecule has 18 heavy (non-hydrogen) atoms. The highest BCUT2D eigenvalue weighted by molar-refractivity contribution is 5.78. The molecule has 0 spiro atoms. The third kappa shape index (κ3) is 1.48. The van der Waals surface area contributed by atoms with Gasteiger partial charge in [-0.2, -0.15) is 5.26 Å². The molecule has 2 aromatic heterocycles. The number of hydrogen-bond acceptors (Lipinski definition) is 3. The molecule has 0 atom stereocenters. The van der Waals surface area contributed by atoms with E-state index in [1.165, 1.54) is 10.9 Å². The van der Waals surface area contributed by atoms with E-state index in [0.717, 1.165) is 5.69 Å². The third-order valence-corrected chi connectivity index (χ3v) is 2.70. The van der Waals surface area contributed by atoms with Crippen LogP contribution in [0.25, 0.3) is 16.6 Å². The minimum atomic E-state index is -0.173. The van der Waals surface area contributed by atoms with Gasteiger partial charge in [-0.25, -0.2) is 9.67 Å². The number of nitrogens with zero attached hydrogens (tertiary/aromatic N) is 3. The van der Waals surface area contributed by atoms with Crippen LogP contribution in [0.5, 0.6) is 0 Å². The molecule has 5 heteroatoms. The summed E-state index contributed by atoms with van der Waals surface area (Å²) in [5.74, 6) is 0. The first-order valence-electron chi connectivity index (χ1n) is 5.36. The Balaban J connectivity index is 2.30. The molecule has 0 radical (unpaired) electrons. The Labute approximate surface area is 102 Å². The molecule has 2 heterocycles. The molecule has 1 aromatic carbocycles. The van der Waals surface area contributed by atoms with Crippen LogP contribution in [0.3, 0.4) is 0 Å². The highest BCUT2D eigenvalue weighted by Gasteiger charge is 2.08. The minimum absolute atomic E-state index is 0.173. The van der Waals surface area contributed by atoms with Crippen LogP contribution < -0.4 is 5.56 Å². The van der Waals surface area contributed by atoms with E-state index in [9.17, 15) is 4.79 Å². The first-order valence-corrected chi connectivity index (χ1v) is 5.36. The van der Waals surface area contributed by atoms with Gasteiger partial charge >= 0.3 is 0 Å². The summed E-state index contributed by atoms with van der Waals surface area (Å²) in [6.45, 7) is 0. The summed E-state index contributed by atoms with van der Waals surface area (Å²) in [5.41, 5.74) is 1.46. The topological polar surface area (TPSA) is 74.5 Å². The highest BCUT2D eigenvalue weighted by Crippen LogP contribution is 2.10. The van der Waals surface area contributed by atoms with E-state index in [0.29, 0.717) is 10.9 Å². The average Bonchev–Trinajstić information content (AvgIpc) is 2.76. The molecule has 86 valence electrons. The smallest absolute Gasteiger partial charge is 0.280 e. The number of aromatic amines is 1. The fourth-order valence-corrected chi connectivity index (χ4v) is 1.83. The standard InChI is InChI=1S/C13H8N4O/c14-7-9-6-12-11(8-15-9)13(18)17(16-12)10-4-2-1-3-5-10/h1-6,8,16H. The number of hydrogen-bond donors (Lipinski definition) is 1. The lowest BCUT2D eigenvalue weighted by molar-refractivity contribution is 0.863. The SMILES string of the molecule is N#Cc1cc2[nH]n(-c3ccccc3)c(=O)c2cn1. The largest absolute Gasteiger partial charge is 0.290 e. The number of nitrogens with one attached hydrogen (secondary N) is 1. The monoisotopic (exact) mass is 236 g/mol. The highest BCUT2D eigenvalue weighted by atomic mass is 16.1. The Morgan fingerprint density at radius 2 is 2.06 bits per heavy atom. The molecule has 0 unspecified atom stereocenters. The zero-order valence-corrected chi connectivity index (χ0v) is 9.29. The summed E-state index contributed by atoms with van der Waals surface area (Å²) in [5, 5.41) is 12.2. The quantitative estimate of drug-likeness (QED) is 0.697.